The number of hydrogen-bond acceptors (Lipinski definition) is 3. The third kappa shape index (κ3) is 1.43. The highest BCUT2D eigenvalue weighted by atomic mass is 79.9. The summed E-state index contributed by atoms with van der Waals surface area (Å²) in [6.45, 7) is 0. The summed E-state index contributed by atoms with van der Waals surface area (Å²) in [5, 5.41) is 0.903. The zero-order valence-corrected chi connectivity index (χ0v) is 9.91. The van der Waals surface area contributed by atoms with Crippen molar-refractivity contribution in [3.8, 4) is 0 Å². The smallest absolute Gasteiger partial charge is 0.355 e. The Morgan fingerprint density at radius 2 is 2.33 bits per heavy atom. The SMILES string of the molecule is COC(=O)c1c(Br)c2cccnc2n1C. The number of carbonyl (C=O) groups excluding carboxylic acids is 1. The van der Waals surface area contributed by atoms with Crippen molar-refractivity contribution in [1.82, 2.24) is 9.55 Å². The van der Waals surface area contributed by atoms with Crippen LogP contribution in [0.1, 0.15) is 10.5 Å². The average molecular weight is 269 g/mol. The van der Waals surface area contributed by atoms with Gasteiger partial charge in [-0.2, -0.15) is 0 Å². The van der Waals surface area contributed by atoms with E-state index in [2.05, 4.69) is 20.9 Å². The van der Waals surface area contributed by atoms with Gasteiger partial charge in [-0.1, -0.05) is 0 Å². The van der Waals surface area contributed by atoms with Gasteiger partial charge in [0.2, 0.25) is 0 Å². The molecule has 4 nitrogen and oxygen atoms in total. The van der Waals surface area contributed by atoms with Crippen molar-refractivity contribution in [1.29, 1.82) is 0 Å². The number of pyridine rings is 1. The lowest BCUT2D eigenvalue weighted by Crippen LogP contribution is -2.08. The molecular formula is C10H9BrN2O2. The Morgan fingerprint density at radius 1 is 1.60 bits per heavy atom. The lowest BCUT2D eigenvalue weighted by molar-refractivity contribution is 0.0589. The van der Waals surface area contributed by atoms with Crippen LogP contribution in [0.4, 0.5) is 0 Å². The van der Waals surface area contributed by atoms with Crippen molar-refractivity contribution in [3.05, 3.63) is 28.5 Å². The Hall–Kier alpha value is -1.36. The van der Waals surface area contributed by atoms with E-state index in [1.807, 2.05) is 12.1 Å². The molecule has 0 aliphatic heterocycles. The summed E-state index contributed by atoms with van der Waals surface area (Å²) < 4.78 is 7.15. The summed E-state index contributed by atoms with van der Waals surface area (Å²) in [4.78, 5) is 15.7. The fraction of sp³-hybridized carbons (Fsp3) is 0.200. The molecule has 0 spiro atoms. The molecule has 0 unspecified atom stereocenters. The Balaban J connectivity index is 2.81. The normalized spacial score (nSPS) is 10.6. The van der Waals surface area contributed by atoms with Crippen molar-refractivity contribution in [2.75, 3.05) is 7.11 Å². The molecule has 0 bridgehead atoms. The average Bonchev–Trinajstić information content (AvgIpc) is 2.52. The lowest BCUT2D eigenvalue weighted by atomic mass is 10.3. The molecule has 2 rings (SSSR count). The van der Waals surface area contributed by atoms with Crippen LogP contribution in [0.15, 0.2) is 22.8 Å². The van der Waals surface area contributed by atoms with Crippen LogP contribution in [-0.4, -0.2) is 22.6 Å². The highest BCUT2D eigenvalue weighted by Crippen LogP contribution is 2.29. The van der Waals surface area contributed by atoms with Crippen molar-refractivity contribution in [3.63, 3.8) is 0 Å². The maximum atomic E-state index is 11.5. The second-order valence-electron chi connectivity index (χ2n) is 3.09. The van der Waals surface area contributed by atoms with Crippen LogP contribution in [0, 0.1) is 0 Å². The molecule has 2 aromatic rings. The first-order valence-electron chi connectivity index (χ1n) is 4.34. The third-order valence-electron chi connectivity index (χ3n) is 2.26. The van der Waals surface area contributed by atoms with E-state index in [9.17, 15) is 4.79 Å². The monoisotopic (exact) mass is 268 g/mol. The number of aromatic nitrogens is 2. The van der Waals surface area contributed by atoms with Gasteiger partial charge in [0.1, 0.15) is 11.3 Å². The van der Waals surface area contributed by atoms with Crippen molar-refractivity contribution < 1.29 is 9.53 Å². The lowest BCUT2D eigenvalue weighted by Gasteiger charge is -2.01. The number of nitrogens with zero attached hydrogens (tertiary/aromatic N) is 2. The molecule has 15 heavy (non-hydrogen) atoms. The summed E-state index contributed by atoms with van der Waals surface area (Å²) in [6, 6.07) is 3.73. The summed E-state index contributed by atoms with van der Waals surface area (Å²) in [5.41, 5.74) is 1.23. The van der Waals surface area contributed by atoms with Crippen LogP contribution in [0.3, 0.4) is 0 Å². The summed E-state index contributed by atoms with van der Waals surface area (Å²) >= 11 is 3.38. The highest BCUT2D eigenvalue weighted by molar-refractivity contribution is 9.10. The van der Waals surface area contributed by atoms with Crippen LogP contribution < -0.4 is 0 Å². The summed E-state index contributed by atoms with van der Waals surface area (Å²) in [6.07, 6.45) is 1.69. The predicted molar refractivity (Wildman–Crippen MR) is 59.8 cm³/mol. The number of rotatable bonds is 1. The number of fused-ring (bicyclic) bond motifs is 1. The molecule has 0 N–H and O–H groups in total. The molecule has 0 aliphatic rings. The number of esters is 1. The minimum atomic E-state index is -0.373. The predicted octanol–water partition coefficient (Wildman–Crippen LogP) is 2.12. The zero-order valence-electron chi connectivity index (χ0n) is 8.32. The van der Waals surface area contributed by atoms with Crippen molar-refractivity contribution in [2.24, 2.45) is 7.05 Å². The van der Waals surface area contributed by atoms with Crippen LogP contribution in [0.25, 0.3) is 11.0 Å². The number of ether oxygens (including phenoxy) is 1. The number of methoxy groups -OCH3 is 1. The molecule has 0 atom stereocenters. The number of hydrogen-bond donors (Lipinski definition) is 0. The van der Waals surface area contributed by atoms with E-state index in [-0.39, 0.29) is 5.97 Å². The second kappa shape index (κ2) is 3.66. The van der Waals surface area contributed by atoms with Gasteiger partial charge in [-0.15, -0.1) is 0 Å². The van der Waals surface area contributed by atoms with E-state index < -0.39 is 0 Å². The van der Waals surface area contributed by atoms with Gasteiger partial charge in [-0.3, -0.25) is 0 Å². The van der Waals surface area contributed by atoms with Crippen LogP contribution >= 0.6 is 15.9 Å². The molecule has 0 saturated heterocycles. The van der Waals surface area contributed by atoms with E-state index in [0.29, 0.717) is 5.69 Å². The van der Waals surface area contributed by atoms with Gasteiger partial charge in [0.05, 0.1) is 11.6 Å². The molecule has 78 valence electrons. The molecule has 0 radical (unpaired) electrons. The Morgan fingerprint density at radius 3 is 2.93 bits per heavy atom. The first-order valence-corrected chi connectivity index (χ1v) is 5.13. The Kier molecular flexibility index (Phi) is 2.48. The van der Waals surface area contributed by atoms with Crippen LogP contribution in [-0.2, 0) is 11.8 Å². The minimum Gasteiger partial charge on any atom is -0.464 e. The van der Waals surface area contributed by atoms with E-state index in [1.165, 1.54) is 7.11 Å². The fourth-order valence-corrected chi connectivity index (χ4v) is 2.28. The zero-order chi connectivity index (χ0) is 11.0. The molecule has 0 aliphatic carbocycles. The van der Waals surface area contributed by atoms with Crippen molar-refractivity contribution >= 4 is 32.9 Å². The molecule has 5 heteroatoms. The van der Waals surface area contributed by atoms with Gasteiger partial charge in [0.25, 0.3) is 0 Å². The second-order valence-corrected chi connectivity index (χ2v) is 3.88. The third-order valence-corrected chi connectivity index (χ3v) is 3.07. The Labute approximate surface area is 95.0 Å². The Bertz CT molecular complexity index is 494. The standard InChI is InChI=1S/C10H9BrN2O2/c1-13-8(10(14)15-2)7(11)6-4-3-5-12-9(6)13/h3-5H,1-2H3. The quantitative estimate of drug-likeness (QED) is 0.745. The number of aryl methyl sites for hydroxylation is 1. The van der Waals surface area contributed by atoms with Crippen LogP contribution in [0.5, 0.6) is 0 Å². The minimum absolute atomic E-state index is 0.373. The van der Waals surface area contributed by atoms with Gasteiger partial charge >= 0.3 is 5.97 Å². The highest BCUT2D eigenvalue weighted by Gasteiger charge is 2.20. The van der Waals surface area contributed by atoms with E-state index >= 15 is 0 Å². The fourth-order valence-electron chi connectivity index (χ4n) is 1.54. The van der Waals surface area contributed by atoms with E-state index in [4.69, 9.17) is 4.74 Å². The first-order chi connectivity index (χ1) is 7.16. The van der Waals surface area contributed by atoms with E-state index in [0.717, 1.165) is 15.5 Å². The topological polar surface area (TPSA) is 44.1 Å². The molecule has 0 aromatic carbocycles. The van der Waals surface area contributed by atoms with Gasteiger partial charge in [0, 0.05) is 18.6 Å². The largest absolute Gasteiger partial charge is 0.464 e. The number of halogens is 1. The summed E-state index contributed by atoms with van der Waals surface area (Å²) in [5.74, 6) is -0.373. The van der Waals surface area contributed by atoms with Gasteiger partial charge in [-0.05, 0) is 28.1 Å². The number of carbonyl (C=O) groups is 1. The summed E-state index contributed by atoms with van der Waals surface area (Å²) in [7, 11) is 3.15. The molecule has 0 amide bonds. The van der Waals surface area contributed by atoms with Gasteiger partial charge < -0.3 is 9.30 Å². The molecule has 2 heterocycles. The van der Waals surface area contributed by atoms with E-state index in [1.54, 1.807) is 17.8 Å². The molecule has 0 saturated carbocycles. The maximum Gasteiger partial charge on any atom is 0.355 e. The van der Waals surface area contributed by atoms with Gasteiger partial charge in [-0.25, -0.2) is 9.78 Å². The molecule has 0 fully saturated rings. The van der Waals surface area contributed by atoms with Crippen molar-refractivity contribution in [2.45, 2.75) is 0 Å². The van der Waals surface area contributed by atoms with Crippen LogP contribution in [0.2, 0.25) is 0 Å². The molecule has 2 aromatic heterocycles. The van der Waals surface area contributed by atoms with Gasteiger partial charge in [0.15, 0.2) is 0 Å². The maximum absolute atomic E-state index is 11.5. The first kappa shape index (κ1) is 10.2. The molecular weight excluding hydrogens is 260 g/mol.